The number of imide groups is 1. The second-order valence-electron chi connectivity index (χ2n) is 7.86. The van der Waals surface area contributed by atoms with Gasteiger partial charge < -0.3 is 15.5 Å². The van der Waals surface area contributed by atoms with Crippen LogP contribution in [0.4, 0.5) is 0 Å². The van der Waals surface area contributed by atoms with Crippen molar-refractivity contribution in [3.63, 3.8) is 0 Å². The minimum atomic E-state index is -0.556. The Labute approximate surface area is 158 Å². The van der Waals surface area contributed by atoms with E-state index in [-0.39, 0.29) is 24.1 Å². The number of rotatable bonds is 4. The first-order chi connectivity index (χ1) is 13.0. The van der Waals surface area contributed by atoms with E-state index in [9.17, 15) is 14.4 Å². The molecule has 3 unspecified atom stereocenters. The van der Waals surface area contributed by atoms with E-state index in [1.165, 1.54) is 12.8 Å². The molecule has 3 aliphatic heterocycles. The molecule has 27 heavy (non-hydrogen) atoms. The molecule has 144 valence electrons. The van der Waals surface area contributed by atoms with E-state index in [1.54, 1.807) is 4.90 Å². The third kappa shape index (κ3) is 3.75. The van der Waals surface area contributed by atoms with Crippen LogP contribution >= 0.6 is 0 Å². The van der Waals surface area contributed by atoms with E-state index < -0.39 is 6.04 Å². The molecule has 7 heteroatoms. The van der Waals surface area contributed by atoms with E-state index in [0.29, 0.717) is 30.6 Å². The standard InChI is InChI=1S/C20H26N4O3/c1-12-2-4-15(10-21-12)22-9-13-3-5-16-14(8-13)11-24(20(16)27)17-6-7-18(25)23-19(17)26/h3,5,8,12,15,17,21-22H,2,4,6-7,9-11H2,1H3,(H,23,25,26). The minimum Gasteiger partial charge on any atom is -0.322 e. The average molecular weight is 370 g/mol. The molecular weight excluding hydrogens is 344 g/mol. The lowest BCUT2D eigenvalue weighted by molar-refractivity contribution is -0.136. The minimum absolute atomic E-state index is 0.121. The molecule has 2 saturated heterocycles. The Balaban J connectivity index is 1.40. The van der Waals surface area contributed by atoms with Crippen molar-refractivity contribution in [3.8, 4) is 0 Å². The Morgan fingerprint density at radius 2 is 2.04 bits per heavy atom. The molecule has 3 atom stereocenters. The molecular formula is C20H26N4O3. The van der Waals surface area contributed by atoms with Crippen LogP contribution in [0.3, 0.4) is 0 Å². The van der Waals surface area contributed by atoms with Gasteiger partial charge in [-0.3, -0.25) is 19.7 Å². The molecule has 0 bridgehead atoms. The smallest absolute Gasteiger partial charge is 0.255 e. The van der Waals surface area contributed by atoms with Crippen LogP contribution in [0.2, 0.25) is 0 Å². The van der Waals surface area contributed by atoms with E-state index >= 15 is 0 Å². The van der Waals surface area contributed by atoms with Crippen molar-refractivity contribution in [2.24, 2.45) is 0 Å². The van der Waals surface area contributed by atoms with Crippen LogP contribution in [0.1, 0.15) is 54.1 Å². The number of piperidine rings is 2. The van der Waals surface area contributed by atoms with Crippen molar-refractivity contribution < 1.29 is 14.4 Å². The van der Waals surface area contributed by atoms with E-state index in [4.69, 9.17) is 0 Å². The zero-order chi connectivity index (χ0) is 19.0. The molecule has 0 spiro atoms. The number of fused-ring (bicyclic) bond motifs is 1. The first-order valence-corrected chi connectivity index (χ1v) is 9.74. The van der Waals surface area contributed by atoms with E-state index in [2.05, 4.69) is 28.9 Å². The molecule has 2 fully saturated rings. The van der Waals surface area contributed by atoms with Crippen LogP contribution in [0.5, 0.6) is 0 Å². The second kappa shape index (κ2) is 7.40. The van der Waals surface area contributed by atoms with Gasteiger partial charge in [0.25, 0.3) is 5.91 Å². The van der Waals surface area contributed by atoms with Gasteiger partial charge in [0.05, 0.1) is 0 Å². The number of hydrogen-bond donors (Lipinski definition) is 3. The maximum atomic E-state index is 12.7. The monoisotopic (exact) mass is 370 g/mol. The lowest BCUT2D eigenvalue weighted by Gasteiger charge is -2.29. The number of benzene rings is 1. The molecule has 0 radical (unpaired) electrons. The summed E-state index contributed by atoms with van der Waals surface area (Å²) in [4.78, 5) is 37.8. The van der Waals surface area contributed by atoms with Crippen molar-refractivity contribution in [3.05, 3.63) is 34.9 Å². The van der Waals surface area contributed by atoms with Crippen LogP contribution in [0, 0.1) is 0 Å². The average Bonchev–Trinajstić information content (AvgIpc) is 2.97. The van der Waals surface area contributed by atoms with Gasteiger partial charge in [-0.25, -0.2) is 0 Å². The van der Waals surface area contributed by atoms with E-state index in [1.807, 2.05) is 12.1 Å². The maximum absolute atomic E-state index is 12.7. The third-order valence-electron chi connectivity index (χ3n) is 5.84. The third-order valence-corrected chi connectivity index (χ3v) is 5.84. The molecule has 3 amide bonds. The fourth-order valence-corrected chi connectivity index (χ4v) is 4.17. The molecule has 0 aromatic heterocycles. The summed E-state index contributed by atoms with van der Waals surface area (Å²) in [5, 5.41) is 9.41. The number of nitrogens with one attached hydrogen (secondary N) is 3. The molecule has 7 nitrogen and oxygen atoms in total. The first-order valence-electron chi connectivity index (χ1n) is 9.74. The fraction of sp³-hybridized carbons (Fsp3) is 0.550. The number of amides is 3. The molecule has 0 saturated carbocycles. The van der Waals surface area contributed by atoms with Gasteiger partial charge in [0.15, 0.2) is 0 Å². The lowest BCUT2D eigenvalue weighted by atomic mass is 10.0. The van der Waals surface area contributed by atoms with Crippen molar-refractivity contribution in [2.45, 2.75) is 63.8 Å². The zero-order valence-electron chi connectivity index (χ0n) is 15.6. The Morgan fingerprint density at radius 3 is 2.78 bits per heavy atom. The van der Waals surface area contributed by atoms with Gasteiger partial charge in [-0.2, -0.15) is 0 Å². The lowest BCUT2D eigenvalue weighted by Crippen LogP contribution is -2.52. The summed E-state index contributed by atoms with van der Waals surface area (Å²) in [6.45, 7) is 4.38. The number of hydrogen-bond acceptors (Lipinski definition) is 5. The zero-order valence-corrected chi connectivity index (χ0v) is 15.6. The summed E-state index contributed by atoms with van der Waals surface area (Å²) in [6, 6.07) is 6.41. The van der Waals surface area contributed by atoms with Crippen LogP contribution in [0.25, 0.3) is 0 Å². The van der Waals surface area contributed by atoms with Crippen LogP contribution < -0.4 is 16.0 Å². The molecule has 3 heterocycles. The molecule has 1 aromatic rings. The van der Waals surface area contributed by atoms with Crippen molar-refractivity contribution >= 4 is 17.7 Å². The van der Waals surface area contributed by atoms with Crippen LogP contribution in [-0.2, 0) is 22.7 Å². The van der Waals surface area contributed by atoms with Gasteiger partial charge in [-0.05, 0) is 43.4 Å². The van der Waals surface area contributed by atoms with Gasteiger partial charge in [0.2, 0.25) is 11.8 Å². The van der Waals surface area contributed by atoms with Gasteiger partial charge >= 0.3 is 0 Å². The quantitative estimate of drug-likeness (QED) is 0.678. The molecule has 3 N–H and O–H groups in total. The highest BCUT2D eigenvalue weighted by molar-refractivity contribution is 6.05. The Hall–Kier alpha value is -2.25. The predicted molar refractivity (Wildman–Crippen MR) is 99.8 cm³/mol. The summed E-state index contributed by atoms with van der Waals surface area (Å²) in [5.41, 5.74) is 2.77. The van der Waals surface area contributed by atoms with Gasteiger partial charge in [-0.15, -0.1) is 0 Å². The Morgan fingerprint density at radius 1 is 1.19 bits per heavy atom. The Kier molecular flexibility index (Phi) is 4.97. The normalized spacial score (nSPS) is 28.3. The summed E-state index contributed by atoms with van der Waals surface area (Å²) in [5.74, 6) is -0.752. The Bertz CT molecular complexity index is 770. The maximum Gasteiger partial charge on any atom is 0.255 e. The van der Waals surface area contributed by atoms with Crippen molar-refractivity contribution in [1.82, 2.24) is 20.9 Å². The highest BCUT2D eigenvalue weighted by atomic mass is 16.2. The summed E-state index contributed by atoms with van der Waals surface area (Å²) in [7, 11) is 0. The predicted octanol–water partition coefficient (Wildman–Crippen LogP) is 0.678. The highest BCUT2D eigenvalue weighted by Gasteiger charge is 2.39. The largest absolute Gasteiger partial charge is 0.322 e. The van der Waals surface area contributed by atoms with Crippen molar-refractivity contribution in [1.29, 1.82) is 0 Å². The van der Waals surface area contributed by atoms with Crippen molar-refractivity contribution in [2.75, 3.05) is 6.54 Å². The summed E-state index contributed by atoms with van der Waals surface area (Å²) < 4.78 is 0. The topological polar surface area (TPSA) is 90.5 Å². The molecule has 0 aliphatic carbocycles. The molecule has 4 rings (SSSR count). The number of carbonyl (C=O) groups excluding carboxylic acids is 3. The number of nitrogens with zero attached hydrogens (tertiary/aromatic N) is 1. The van der Waals surface area contributed by atoms with Gasteiger partial charge in [0, 0.05) is 43.7 Å². The molecule has 3 aliphatic rings. The molecule has 1 aromatic carbocycles. The summed E-state index contributed by atoms with van der Waals surface area (Å²) >= 11 is 0. The fourth-order valence-electron chi connectivity index (χ4n) is 4.17. The number of carbonyl (C=O) groups is 3. The highest BCUT2D eigenvalue weighted by Crippen LogP contribution is 2.28. The first kappa shape index (κ1) is 18.1. The SMILES string of the molecule is CC1CCC(NCc2ccc3c(c2)CN(C2CCC(=O)NC2=O)C3=O)CN1. The summed E-state index contributed by atoms with van der Waals surface area (Å²) in [6.07, 6.45) is 3.02. The van der Waals surface area contributed by atoms with E-state index in [0.717, 1.165) is 24.2 Å². The van der Waals surface area contributed by atoms with Crippen LogP contribution in [-0.4, -0.2) is 47.3 Å². The van der Waals surface area contributed by atoms with Gasteiger partial charge in [-0.1, -0.05) is 12.1 Å². The van der Waals surface area contributed by atoms with Gasteiger partial charge in [0.1, 0.15) is 6.04 Å². The van der Waals surface area contributed by atoms with Crippen LogP contribution in [0.15, 0.2) is 18.2 Å². The second-order valence-corrected chi connectivity index (χ2v) is 7.86.